The van der Waals surface area contributed by atoms with Crippen molar-refractivity contribution in [2.24, 2.45) is 0 Å². The van der Waals surface area contributed by atoms with Crippen LogP contribution in [0.15, 0.2) is 47.4 Å². The van der Waals surface area contributed by atoms with Crippen LogP contribution in [0.2, 0.25) is 5.02 Å². The van der Waals surface area contributed by atoms with Gasteiger partial charge in [-0.05, 0) is 49.1 Å². The number of para-hydroxylation sites is 1. The first kappa shape index (κ1) is 19.2. The van der Waals surface area contributed by atoms with Crippen molar-refractivity contribution in [1.82, 2.24) is 0 Å². The lowest BCUT2D eigenvalue weighted by Crippen LogP contribution is -2.29. The quantitative estimate of drug-likeness (QED) is 0.691. The summed E-state index contributed by atoms with van der Waals surface area (Å²) >= 11 is 6.19. The normalized spacial score (nSPS) is 18.9. The fourth-order valence-corrected chi connectivity index (χ4v) is 5.54. The van der Waals surface area contributed by atoms with Crippen molar-refractivity contribution in [3.8, 4) is 0 Å². The van der Waals surface area contributed by atoms with Gasteiger partial charge in [-0.15, -0.1) is 0 Å². The van der Waals surface area contributed by atoms with Gasteiger partial charge in [-0.25, -0.2) is 13.2 Å². The zero-order valence-electron chi connectivity index (χ0n) is 15.1. The maximum atomic E-state index is 13.2. The molecule has 2 heterocycles. The molecule has 0 spiro atoms. The largest absolute Gasteiger partial charge is 0.459 e. The number of anilines is 1. The second-order valence-corrected chi connectivity index (χ2v) is 9.07. The van der Waals surface area contributed by atoms with E-state index in [0.717, 1.165) is 18.4 Å². The fraction of sp³-hybridized carbons (Fsp3) is 0.350. The topological polar surface area (TPSA) is 72.9 Å². The number of esters is 1. The van der Waals surface area contributed by atoms with E-state index in [9.17, 15) is 13.2 Å². The van der Waals surface area contributed by atoms with Crippen molar-refractivity contribution in [1.29, 1.82) is 0 Å². The minimum atomic E-state index is -3.90. The molecule has 0 saturated carbocycles. The van der Waals surface area contributed by atoms with Crippen LogP contribution in [0.4, 0.5) is 5.69 Å². The first-order valence-corrected chi connectivity index (χ1v) is 11.0. The molecule has 2 aromatic carbocycles. The Morgan fingerprint density at radius 1 is 1.25 bits per heavy atom. The number of rotatable bonds is 5. The summed E-state index contributed by atoms with van der Waals surface area (Å²) in [4.78, 5) is 12.3. The molecule has 0 N–H and O–H groups in total. The molecule has 0 amide bonds. The highest BCUT2D eigenvalue weighted by molar-refractivity contribution is 7.93. The van der Waals surface area contributed by atoms with E-state index < -0.39 is 16.0 Å². The lowest BCUT2D eigenvalue weighted by atomic mass is 10.2. The maximum absolute atomic E-state index is 13.2. The molecule has 0 bridgehead atoms. The van der Waals surface area contributed by atoms with Gasteiger partial charge in [0, 0.05) is 13.2 Å². The van der Waals surface area contributed by atoms with Crippen LogP contribution in [0.1, 0.15) is 28.8 Å². The van der Waals surface area contributed by atoms with Crippen molar-refractivity contribution in [2.45, 2.75) is 30.3 Å². The van der Waals surface area contributed by atoms with Crippen LogP contribution in [-0.2, 0) is 25.9 Å². The fourth-order valence-electron chi connectivity index (χ4n) is 3.53. The number of benzene rings is 2. The average Bonchev–Trinajstić information content (AvgIpc) is 3.36. The van der Waals surface area contributed by atoms with Crippen molar-refractivity contribution < 1.29 is 22.7 Å². The molecule has 0 aromatic heterocycles. The predicted octanol–water partition coefficient (Wildman–Crippen LogP) is 3.43. The number of fused-ring (bicyclic) bond motifs is 1. The van der Waals surface area contributed by atoms with Gasteiger partial charge < -0.3 is 9.47 Å². The summed E-state index contributed by atoms with van der Waals surface area (Å²) < 4.78 is 38.5. The Labute approximate surface area is 169 Å². The molecule has 1 saturated heterocycles. The van der Waals surface area contributed by atoms with Crippen LogP contribution in [0.3, 0.4) is 0 Å². The molecule has 28 heavy (non-hydrogen) atoms. The Bertz CT molecular complexity index is 1000. The second kappa shape index (κ2) is 7.73. The first-order valence-electron chi connectivity index (χ1n) is 9.16. The summed E-state index contributed by atoms with van der Waals surface area (Å²) in [5.74, 6) is -0.592. The summed E-state index contributed by atoms with van der Waals surface area (Å²) in [6, 6.07) is 11.5. The minimum absolute atomic E-state index is 0.0695. The van der Waals surface area contributed by atoms with Gasteiger partial charge in [-0.2, -0.15) is 0 Å². The van der Waals surface area contributed by atoms with Gasteiger partial charge in [0.2, 0.25) is 0 Å². The highest BCUT2D eigenvalue weighted by atomic mass is 35.5. The zero-order chi connectivity index (χ0) is 19.7. The third-order valence-electron chi connectivity index (χ3n) is 5.00. The van der Waals surface area contributed by atoms with E-state index in [4.69, 9.17) is 21.1 Å². The molecule has 0 radical (unpaired) electrons. The second-order valence-electron chi connectivity index (χ2n) is 6.83. The number of hydrogen-bond acceptors (Lipinski definition) is 5. The third kappa shape index (κ3) is 3.62. The first-order chi connectivity index (χ1) is 13.5. The minimum Gasteiger partial charge on any atom is -0.459 e. The Morgan fingerprint density at radius 2 is 2.07 bits per heavy atom. The number of ether oxygens (including phenoxy) is 2. The average molecular weight is 422 g/mol. The van der Waals surface area contributed by atoms with Gasteiger partial charge in [0.05, 0.1) is 22.4 Å². The van der Waals surface area contributed by atoms with E-state index in [1.165, 1.54) is 22.5 Å². The zero-order valence-corrected chi connectivity index (χ0v) is 16.7. The molecule has 8 heteroatoms. The maximum Gasteiger partial charge on any atom is 0.338 e. The smallest absolute Gasteiger partial charge is 0.338 e. The molecule has 2 aromatic rings. The molecule has 1 atom stereocenters. The lowest BCUT2D eigenvalue weighted by molar-refractivity contribution is 0.0161. The lowest BCUT2D eigenvalue weighted by Gasteiger charge is -2.20. The highest BCUT2D eigenvalue weighted by Crippen LogP contribution is 2.35. The summed E-state index contributed by atoms with van der Waals surface area (Å²) in [6.07, 6.45) is 2.33. The molecule has 0 aliphatic carbocycles. The van der Waals surface area contributed by atoms with E-state index >= 15 is 0 Å². The number of hydrogen-bond donors (Lipinski definition) is 0. The molecule has 6 nitrogen and oxygen atoms in total. The van der Waals surface area contributed by atoms with E-state index in [-0.39, 0.29) is 28.2 Å². The van der Waals surface area contributed by atoms with Gasteiger partial charge in [0.15, 0.2) is 0 Å². The van der Waals surface area contributed by atoms with Crippen LogP contribution < -0.4 is 4.31 Å². The Balaban J connectivity index is 1.59. The molecule has 4 rings (SSSR count). The number of carbonyl (C=O) groups is 1. The summed E-state index contributed by atoms with van der Waals surface area (Å²) in [6.45, 7) is 1.16. The van der Waals surface area contributed by atoms with Crippen LogP contribution in [0.5, 0.6) is 0 Å². The molecule has 2 aliphatic rings. The Morgan fingerprint density at radius 3 is 2.86 bits per heavy atom. The molecule has 148 valence electrons. The highest BCUT2D eigenvalue weighted by Gasteiger charge is 2.32. The van der Waals surface area contributed by atoms with Crippen molar-refractivity contribution in [2.75, 3.05) is 24.1 Å². The summed E-state index contributed by atoms with van der Waals surface area (Å²) in [5.41, 5.74) is 1.76. The Hall–Kier alpha value is -2.09. The van der Waals surface area contributed by atoms with E-state index in [1.807, 2.05) is 12.1 Å². The summed E-state index contributed by atoms with van der Waals surface area (Å²) in [5, 5.41) is 0.0695. The van der Waals surface area contributed by atoms with Crippen molar-refractivity contribution >= 4 is 33.3 Å². The van der Waals surface area contributed by atoms with E-state index in [0.29, 0.717) is 25.3 Å². The van der Waals surface area contributed by atoms with Crippen LogP contribution in [-0.4, -0.2) is 40.2 Å². The van der Waals surface area contributed by atoms with Crippen LogP contribution in [0.25, 0.3) is 0 Å². The molecule has 1 unspecified atom stereocenters. The number of carbonyl (C=O) groups excluding carboxylic acids is 1. The van der Waals surface area contributed by atoms with Gasteiger partial charge in [0.25, 0.3) is 10.0 Å². The summed E-state index contributed by atoms with van der Waals surface area (Å²) in [7, 11) is -3.90. The third-order valence-corrected chi connectivity index (χ3v) is 7.30. The Kier molecular flexibility index (Phi) is 5.31. The predicted molar refractivity (Wildman–Crippen MR) is 105 cm³/mol. The van der Waals surface area contributed by atoms with E-state index in [2.05, 4.69) is 0 Å². The number of sulfonamides is 1. The van der Waals surface area contributed by atoms with E-state index in [1.54, 1.807) is 12.1 Å². The van der Waals surface area contributed by atoms with Crippen molar-refractivity contribution in [3.05, 3.63) is 58.6 Å². The molecular weight excluding hydrogens is 402 g/mol. The van der Waals surface area contributed by atoms with Gasteiger partial charge in [0.1, 0.15) is 11.5 Å². The molecule has 1 fully saturated rings. The molecular formula is C20H20ClNO5S. The number of nitrogens with zero attached hydrogens (tertiary/aromatic N) is 1. The van der Waals surface area contributed by atoms with Crippen LogP contribution in [0, 0.1) is 0 Å². The standard InChI is InChI=1S/C20H20ClNO5S/c21-17-8-7-15(20(23)27-13-16-5-3-11-26-16)12-19(17)28(24,25)22-10-9-14-4-1-2-6-18(14)22/h1-2,4,6-8,12,16H,3,5,9-11,13H2. The van der Waals surface area contributed by atoms with Crippen LogP contribution >= 0.6 is 11.6 Å². The van der Waals surface area contributed by atoms with Gasteiger partial charge in [-0.3, -0.25) is 4.31 Å². The number of halogens is 1. The monoisotopic (exact) mass is 421 g/mol. The van der Waals surface area contributed by atoms with Gasteiger partial charge in [-0.1, -0.05) is 29.8 Å². The van der Waals surface area contributed by atoms with Crippen molar-refractivity contribution in [3.63, 3.8) is 0 Å². The van der Waals surface area contributed by atoms with Gasteiger partial charge >= 0.3 is 5.97 Å². The molecule has 2 aliphatic heterocycles. The SMILES string of the molecule is O=C(OCC1CCCO1)c1ccc(Cl)c(S(=O)(=O)N2CCc3ccccc32)c1.